The molecule has 0 aromatic heterocycles. The smallest absolute Gasteiger partial charge is 0.161 e. The van der Waals surface area contributed by atoms with Crippen molar-refractivity contribution in [1.82, 2.24) is 5.32 Å². The van der Waals surface area contributed by atoms with E-state index in [-0.39, 0.29) is 29.1 Å². The summed E-state index contributed by atoms with van der Waals surface area (Å²) in [4.78, 5) is 12.8. The maximum Gasteiger partial charge on any atom is 0.161 e. The van der Waals surface area contributed by atoms with E-state index in [4.69, 9.17) is 16.9 Å². The van der Waals surface area contributed by atoms with Gasteiger partial charge in [0.05, 0.1) is 10.6 Å². The van der Waals surface area contributed by atoms with Crippen LogP contribution in [0.25, 0.3) is 0 Å². The van der Waals surface area contributed by atoms with Crippen LogP contribution in [0, 0.1) is 28.8 Å². The Morgan fingerprint density at radius 2 is 1.93 bits per heavy atom. The molecule has 2 aromatic rings. The Hall–Kier alpha value is -2.56. The minimum absolute atomic E-state index is 0.0682. The number of likely N-dealkylation sites (N-methyl/N-ethyl adjacent to an activating group) is 1. The van der Waals surface area contributed by atoms with Gasteiger partial charge in [0.25, 0.3) is 0 Å². The molecule has 1 atom stereocenters. The fraction of sp³-hybridized carbons (Fsp3) is 0.263. The number of rotatable bonds is 8. The standard InChI is InChI=1S/C19H17ClF3N3O/c1-25-10-15(4-5-27)26(14-3-2-12(9-24)16(20)7-14)11-13-6-18(22)19(23)8-17(13)21/h2-3,5-8,15,25H,4,10-11H2,1H3/t15-/m0/s1. The Labute approximate surface area is 160 Å². The first kappa shape index (κ1) is 20.7. The lowest BCUT2D eigenvalue weighted by molar-refractivity contribution is -0.108. The molecule has 27 heavy (non-hydrogen) atoms. The van der Waals surface area contributed by atoms with Crippen LogP contribution in [0.4, 0.5) is 18.9 Å². The average molecular weight is 396 g/mol. The summed E-state index contributed by atoms with van der Waals surface area (Å²) >= 11 is 6.09. The Morgan fingerprint density at radius 3 is 2.52 bits per heavy atom. The molecular formula is C19H17ClF3N3O. The van der Waals surface area contributed by atoms with Gasteiger partial charge in [0.15, 0.2) is 11.6 Å². The number of benzene rings is 2. The highest BCUT2D eigenvalue weighted by Gasteiger charge is 2.22. The number of hydrogen-bond donors (Lipinski definition) is 1. The van der Waals surface area contributed by atoms with E-state index in [2.05, 4.69) is 5.32 Å². The SMILES string of the molecule is CNC[C@H](CC=O)N(Cc1cc(F)c(F)cc1F)c1ccc(C#N)c(Cl)c1. The number of nitrogens with one attached hydrogen (secondary N) is 1. The fourth-order valence-electron chi connectivity index (χ4n) is 2.74. The third kappa shape index (κ3) is 5.00. The van der Waals surface area contributed by atoms with E-state index in [1.54, 1.807) is 18.0 Å². The first-order valence-corrected chi connectivity index (χ1v) is 8.47. The van der Waals surface area contributed by atoms with Gasteiger partial charge >= 0.3 is 0 Å². The zero-order chi connectivity index (χ0) is 20.0. The average Bonchev–Trinajstić information content (AvgIpc) is 2.63. The first-order valence-electron chi connectivity index (χ1n) is 8.09. The third-order valence-corrected chi connectivity index (χ3v) is 4.40. The molecule has 0 aliphatic heterocycles. The Kier molecular flexibility index (Phi) is 7.22. The van der Waals surface area contributed by atoms with Crippen molar-refractivity contribution in [2.45, 2.75) is 19.0 Å². The molecule has 0 saturated carbocycles. The molecule has 0 aliphatic carbocycles. The first-order chi connectivity index (χ1) is 12.9. The molecule has 2 aromatic carbocycles. The number of carbonyl (C=O) groups excluding carboxylic acids is 1. The Morgan fingerprint density at radius 1 is 1.22 bits per heavy atom. The molecule has 0 fully saturated rings. The predicted molar refractivity (Wildman–Crippen MR) is 97.1 cm³/mol. The van der Waals surface area contributed by atoms with Gasteiger partial charge in [-0.25, -0.2) is 13.2 Å². The molecule has 0 aliphatic rings. The number of nitriles is 1. The highest BCUT2D eigenvalue weighted by atomic mass is 35.5. The topological polar surface area (TPSA) is 56.1 Å². The lowest BCUT2D eigenvalue weighted by Gasteiger charge is -2.33. The summed E-state index contributed by atoms with van der Waals surface area (Å²) in [5.74, 6) is -3.33. The number of anilines is 1. The van der Waals surface area contributed by atoms with Crippen LogP contribution in [-0.4, -0.2) is 25.9 Å². The molecule has 0 heterocycles. The van der Waals surface area contributed by atoms with Crippen LogP contribution in [0.2, 0.25) is 5.02 Å². The molecule has 2 rings (SSSR count). The number of hydrogen-bond acceptors (Lipinski definition) is 4. The number of aldehydes is 1. The lowest BCUT2D eigenvalue weighted by atomic mass is 10.1. The molecule has 0 amide bonds. The van der Waals surface area contributed by atoms with Crippen LogP contribution in [0.1, 0.15) is 17.5 Å². The van der Waals surface area contributed by atoms with Crippen molar-refractivity contribution in [2.24, 2.45) is 0 Å². The Bertz CT molecular complexity index is 870. The van der Waals surface area contributed by atoms with E-state index >= 15 is 0 Å². The molecule has 0 saturated heterocycles. The second-order valence-electron chi connectivity index (χ2n) is 5.88. The number of carbonyl (C=O) groups is 1. The van der Waals surface area contributed by atoms with Crippen molar-refractivity contribution in [1.29, 1.82) is 5.26 Å². The van der Waals surface area contributed by atoms with Crippen molar-refractivity contribution in [3.63, 3.8) is 0 Å². The summed E-state index contributed by atoms with van der Waals surface area (Å²) in [6.45, 7) is 0.257. The van der Waals surface area contributed by atoms with E-state index in [1.165, 1.54) is 12.1 Å². The minimum Gasteiger partial charge on any atom is -0.362 e. The highest BCUT2D eigenvalue weighted by Crippen LogP contribution is 2.28. The van der Waals surface area contributed by atoms with Crippen LogP contribution in [-0.2, 0) is 11.3 Å². The third-order valence-electron chi connectivity index (χ3n) is 4.08. The molecule has 0 spiro atoms. The summed E-state index contributed by atoms with van der Waals surface area (Å²) in [5, 5.41) is 12.2. The fourth-order valence-corrected chi connectivity index (χ4v) is 2.96. The van der Waals surface area contributed by atoms with E-state index in [1.807, 2.05) is 6.07 Å². The van der Waals surface area contributed by atoms with Crippen molar-refractivity contribution in [3.05, 3.63) is 63.9 Å². The molecule has 0 unspecified atom stereocenters. The van der Waals surface area contributed by atoms with E-state index in [0.29, 0.717) is 18.3 Å². The summed E-state index contributed by atoms with van der Waals surface area (Å²) in [6.07, 6.45) is 0.839. The van der Waals surface area contributed by atoms with Crippen LogP contribution in [0.15, 0.2) is 30.3 Å². The van der Waals surface area contributed by atoms with Gasteiger partial charge in [0.1, 0.15) is 18.2 Å². The number of nitrogens with zero attached hydrogens (tertiary/aromatic N) is 2. The maximum atomic E-state index is 14.2. The van der Waals surface area contributed by atoms with Crippen LogP contribution >= 0.6 is 11.6 Å². The summed E-state index contributed by atoms with van der Waals surface area (Å²) < 4.78 is 41.0. The van der Waals surface area contributed by atoms with Crippen molar-refractivity contribution in [3.8, 4) is 6.07 Å². The lowest BCUT2D eigenvalue weighted by Crippen LogP contribution is -2.42. The number of halogens is 4. The molecule has 142 valence electrons. The van der Waals surface area contributed by atoms with Gasteiger partial charge in [0.2, 0.25) is 0 Å². The largest absolute Gasteiger partial charge is 0.362 e. The summed E-state index contributed by atoms with van der Waals surface area (Å²) in [7, 11) is 1.69. The Balaban J connectivity index is 2.49. The predicted octanol–water partition coefficient (Wildman–Crippen LogP) is 3.81. The van der Waals surface area contributed by atoms with Crippen molar-refractivity contribution < 1.29 is 18.0 Å². The molecule has 0 bridgehead atoms. The second kappa shape index (κ2) is 9.40. The van der Waals surface area contributed by atoms with Gasteiger partial charge in [-0.05, 0) is 31.3 Å². The van der Waals surface area contributed by atoms with Gasteiger partial charge in [-0.2, -0.15) is 5.26 Å². The summed E-state index contributed by atoms with van der Waals surface area (Å²) in [6, 6.07) is 7.45. The van der Waals surface area contributed by atoms with Gasteiger partial charge in [-0.15, -0.1) is 0 Å². The zero-order valence-electron chi connectivity index (χ0n) is 14.5. The minimum atomic E-state index is -1.27. The zero-order valence-corrected chi connectivity index (χ0v) is 15.2. The van der Waals surface area contributed by atoms with E-state index < -0.39 is 23.5 Å². The molecular weight excluding hydrogens is 379 g/mol. The molecule has 8 heteroatoms. The quantitative estimate of drug-likeness (QED) is 0.545. The van der Waals surface area contributed by atoms with Crippen LogP contribution < -0.4 is 10.2 Å². The summed E-state index contributed by atoms with van der Waals surface area (Å²) in [5.41, 5.74) is 0.714. The van der Waals surface area contributed by atoms with Gasteiger partial charge in [-0.3, -0.25) is 0 Å². The highest BCUT2D eigenvalue weighted by molar-refractivity contribution is 6.32. The monoisotopic (exact) mass is 395 g/mol. The molecule has 1 N–H and O–H groups in total. The molecule has 4 nitrogen and oxygen atoms in total. The van der Waals surface area contributed by atoms with Crippen molar-refractivity contribution >= 4 is 23.6 Å². The van der Waals surface area contributed by atoms with Crippen LogP contribution in [0.3, 0.4) is 0 Å². The normalized spacial score (nSPS) is 11.7. The van der Waals surface area contributed by atoms with Gasteiger partial charge < -0.3 is 15.0 Å². The van der Waals surface area contributed by atoms with Crippen LogP contribution in [0.5, 0.6) is 0 Å². The second-order valence-corrected chi connectivity index (χ2v) is 6.28. The van der Waals surface area contributed by atoms with E-state index in [9.17, 15) is 18.0 Å². The maximum absolute atomic E-state index is 14.2. The van der Waals surface area contributed by atoms with E-state index in [0.717, 1.165) is 12.4 Å². The van der Waals surface area contributed by atoms with Gasteiger partial charge in [0, 0.05) is 42.9 Å². The van der Waals surface area contributed by atoms with Gasteiger partial charge in [-0.1, -0.05) is 11.6 Å². The molecule has 0 radical (unpaired) electrons. The van der Waals surface area contributed by atoms with Crippen molar-refractivity contribution in [2.75, 3.05) is 18.5 Å².